The predicted molar refractivity (Wildman–Crippen MR) is 79.4 cm³/mol. The fraction of sp³-hybridized carbons (Fsp3) is 0.529. The summed E-state index contributed by atoms with van der Waals surface area (Å²) in [5.74, 6) is -0.457. The van der Waals surface area contributed by atoms with Gasteiger partial charge >= 0.3 is 5.97 Å². The predicted octanol–water partition coefficient (Wildman–Crippen LogP) is 4.30. The van der Waals surface area contributed by atoms with Crippen LogP contribution in [0.25, 0.3) is 0 Å². The zero-order valence-corrected chi connectivity index (χ0v) is 12.8. The van der Waals surface area contributed by atoms with Gasteiger partial charge in [-0.1, -0.05) is 39.3 Å². The monoisotopic (exact) mass is 273 g/mol. The Bertz CT molecular complexity index is 477. The topological polar surface area (TPSA) is 50.1 Å². The molecule has 0 fully saturated rings. The van der Waals surface area contributed by atoms with Crippen molar-refractivity contribution < 1.29 is 9.53 Å². The minimum absolute atomic E-state index is 0.107. The van der Waals surface area contributed by atoms with Crippen molar-refractivity contribution in [1.29, 1.82) is 5.26 Å². The molecule has 0 bridgehead atoms. The second-order valence-corrected chi connectivity index (χ2v) is 6.25. The molecule has 0 aliphatic carbocycles. The number of benzene rings is 1. The van der Waals surface area contributed by atoms with Crippen molar-refractivity contribution in [2.24, 2.45) is 5.41 Å². The van der Waals surface area contributed by atoms with Gasteiger partial charge in [-0.25, -0.2) is 4.79 Å². The van der Waals surface area contributed by atoms with Crippen LogP contribution < -0.4 is 0 Å². The molecular formula is C17H23NO2. The van der Waals surface area contributed by atoms with E-state index in [1.807, 2.05) is 12.1 Å². The van der Waals surface area contributed by atoms with Crippen molar-refractivity contribution in [3.8, 4) is 6.07 Å². The van der Waals surface area contributed by atoms with Gasteiger partial charge in [0.1, 0.15) is 0 Å². The van der Waals surface area contributed by atoms with Gasteiger partial charge in [0.25, 0.3) is 0 Å². The van der Waals surface area contributed by atoms with Crippen LogP contribution in [0.4, 0.5) is 0 Å². The molecule has 1 unspecified atom stereocenters. The van der Waals surface area contributed by atoms with Gasteiger partial charge in [-0.15, -0.1) is 0 Å². The van der Waals surface area contributed by atoms with E-state index in [0.29, 0.717) is 11.0 Å². The molecule has 3 nitrogen and oxygen atoms in total. The van der Waals surface area contributed by atoms with Crippen LogP contribution in [0.3, 0.4) is 0 Å². The van der Waals surface area contributed by atoms with Gasteiger partial charge in [-0.2, -0.15) is 5.26 Å². The van der Waals surface area contributed by atoms with E-state index < -0.39 is 0 Å². The van der Waals surface area contributed by atoms with Crippen molar-refractivity contribution in [3.63, 3.8) is 0 Å². The number of methoxy groups -OCH3 is 1. The zero-order valence-electron chi connectivity index (χ0n) is 12.8. The molecule has 20 heavy (non-hydrogen) atoms. The number of esters is 1. The van der Waals surface area contributed by atoms with E-state index in [-0.39, 0.29) is 11.9 Å². The summed E-state index contributed by atoms with van der Waals surface area (Å²) < 4.78 is 4.66. The second-order valence-electron chi connectivity index (χ2n) is 6.25. The molecule has 1 aromatic carbocycles. The van der Waals surface area contributed by atoms with Crippen LogP contribution in [0.15, 0.2) is 24.3 Å². The molecule has 0 amide bonds. The molecule has 0 heterocycles. The van der Waals surface area contributed by atoms with Gasteiger partial charge in [0.05, 0.1) is 24.7 Å². The Morgan fingerprint density at radius 1 is 1.30 bits per heavy atom. The third kappa shape index (κ3) is 5.05. The van der Waals surface area contributed by atoms with E-state index in [1.54, 1.807) is 12.1 Å². The quantitative estimate of drug-likeness (QED) is 0.752. The lowest BCUT2D eigenvalue weighted by molar-refractivity contribution is 0.0600. The van der Waals surface area contributed by atoms with Crippen LogP contribution in [0.1, 0.15) is 61.9 Å². The van der Waals surface area contributed by atoms with E-state index in [0.717, 1.165) is 24.8 Å². The van der Waals surface area contributed by atoms with Crippen LogP contribution in [0, 0.1) is 16.7 Å². The Labute approximate surface area is 121 Å². The maximum Gasteiger partial charge on any atom is 0.337 e. The van der Waals surface area contributed by atoms with E-state index in [2.05, 4.69) is 31.6 Å². The first kappa shape index (κ1) is 16.2. The molecule has 1 atom stereocenters. The Balaban J connectivity index is 2.67. The lowest BCUT2D eigenvalue weighted by Crippen LogP contribution is -2.06. The summed E-state index contributed by atoms with van der Waals surface area (Å²) in [5, 5.41) is 9.29. The average molecular weight is 273 g/mol. The fourth-order valence-electron chi connectivity index (χ4n) is 2.11. The molecule has 0 aliphatic rings. The van der Waals surface area contributed by atoms with Crippen LogP contribution in [-0.2, 0) is 4.74 Å². The highest BCUT2D eigenvalue weighted by Gasteiger charge is 2.15. The zero-order chi connectivity index (χ0) is 15.2. The number of nitriles is 1. The van der Waals surface area contributed by atoms with Gasteiger partial charge in [0.15, 0.2) is 0 Å². The number of carbonyl (C=O) groups is 1. The Kier molecular flexibility index (Phi) is 5.76. The lowest BCUT2D eigenvalue weighted by atomic mass is 9.86. The summed E-state index contributed by atoms with van der Waals surface area (Å²) in [6.07, 6.45) is 2.98. The molecule has 0 aliphatic heterocycles. The second kappa shape index (κ2) is 7.09. The van der Waals surface area contributed by atoms with Crippen molar-refractivity contribution >= 4 is 5.97 Å². The summed E-state index contributed by atoms with van der Waals surface area (Å²) in [6.45, 7) is 6.62. The standard InChI is InChI=1S/C17H23NO2/c1-17(2,3)11-5-6-15(12-18)13-7-9-14(10-8-13)16(19)20-4/h7-10,15H,5-6,11H2,1-4H3. The van der Waals surface area contributed by atoms with Crippen LogP contribution in [0.5, 0.6) is 0 Å². The highest BCUT2D eigenvalue weighted by molar-refractivity contribution is 5.89. The minimum Gasteiger partial charge on any atom is -0.465 e. The number of rotatable bonds is 5. The van der Waals surface area contributed by atoms with Crippen LogP contribution in [-0.4, -0.2) is 13.1 Å². The van der Waals surface area contributed by atoms with Gasteiger partial charge in [0, 0.05) is 0 Å². The van der Waals surface area contributed by atoms with Gasteiger partial charge in [-0.05, 0) is 36.0 Å². The molecule has 0 N–H and O–H groups in total. The summed E-state index contributed by atoms with van der Waals surface area (Å²) in [7, 11) is 1.36. The molecule has 0 spiro atoms. The summed E-state index contributed by atoms with van der Waals surface area (Å²) in [5.41, 5.74) is 1.78. The van der Waals surface area contributed by atoms with Gasteiger partial charge in [-0.3, -0.25) is 0 Å². The number of carbonyl (C=O) groups excluding carboxylic acids is 1. The minimum atomic E-state index is -0.349. The fourth-order valence-corrected chi connectivity index (χ4v) is 2.11. The Hall–Kier alpha value is -1.82. The van der Waals surface area contributed by atoms with Crippen molar-refractivity contribution in [2.75, 3.05) is 7.11 Å². The van der Waals surface area contributed by atoms with E-state index >= 15 is 0 Å². The number of hydrogen-bond donors (Lipinski definition) is 0. The summed E-state index contributed by atoms with van der Waals surface area (Å²) in [4.78, 5) is 11.4. The Morgan fingerprint density at radius 2 is 1.90 bits per heavy atom. The van der Waals surface area contributed by atoms with Crippen molar-refractivity contribution in [1.82, 2.24) is 0 Å². The molecule has 1 rings (SSSR count). The maximum atomic E-state index is 11.4. The summed E-state index contributed by atoms with van der Waals surface area (Å²) >= 11 is 0. The SMILES string of the molecule is COC(=O)c1ccc(C(C#N)CCCC(C)(C)C)cc1. The number of ether oxygens (including phenoxy) is 1. The lowest BCUT2D eigenvalue weighted by Gasteiger charge is -2.18. The molecule has 0 saturated carbocycles. The first-order valence-corrected chi connectivity index (χ1v) is 6.95. The van der Waals surface area contributed by atoms with E-state index in [1.165, 1.54) is 7.11 Å². The molecule has 0 radical (unpaired) electrons. The molecule has 1 aromatic rings. The van der Waals surface area contributed by atoms with E-state index in [4.69, 9.17) is 0 Å². The summed E-state index contributed by atoms with van der Waals surface area (Å²) in [6, 6.07) is 9.48. The molecule has 0 aromatic heterocycles. The third-order valence-corrected chi connectivity index (χ3v) is 3.31. The van der Waals surface area contributed by atoms with Gasteiger partial charge < -0.3 is 4.74 Å². The molecule has 3 heteroatoms. The first-order valence-electron chi connectivity index (χ1n) is 6.95. The maximum absolute atomic E-state index is 11.4. The smallest absolute Gasteiger partial charge is 0.337 e. The number of nitrogens with zero attached hydrogens (tertiary/aromatic N) is 1. The van der Waals surface area contributed by atoms with E-state index in [9.17, 15) is 10.1 Å². The van der Waals surface area contributed by atoms with Crippen LogP contribution in [0.2, 0.25) is 0 Å². The third-order valence-electron chi connectivity index (χ3n) is 3.31. The highest BCUT2D eigenvalue weighted by Crippen LogP contribution is 2.27. The molecule has 0 saturated heterocycles. The largest absolute Gasteiger partial charge is 0.465 e. The molecular weight excluding hydrogens is 250 g/mol. The molecule has 108 valence electrons. The average Bonchev–Trinajstić information content (AvgIpc) is 2.42. The van der Waals surface area contributed by atoms with Crippen molar-refractivity contribution in [3.05, 3.63) is 35.4 Å². The first-order chi connectivity index (χ1) is 9.37. The highest BCUT2D eigenvalue weighted by atomic mass is 16.5. The van der Waals surface area contributed by atoms with Crippen LogP contribution >= 0.6 is 0 Å². The Morgan fingerprint density at radius 3 is 2.35 bits per heavy atom. The van der Waals surface area contributed by atoms with Gasteiger partial charge in [0.2, 0.25) is 0 Å². The normalized spacial score (nSPS) is 12.6. The van der Waals surface area contributed by atoms with Crippen molar-refractivity contribution in [2.45, 2.75) is 46.0 Å². The number of hydrogen-bond acceptors (Lipinski definition) is 3.